The quantitative estimate of drug-likeness (QED) is 0.775. The number of aromatic nitrogens is 1. The normalized spacial score (nSPS) is 11.9. The lowest BCUT2D eigenvalue weighted by molar-refractivity contribution is 0.122. The zero-order valence-electron chi connectivity index (χ0n) is 10.8. The Kier molecular flexibility index (Phi) is 4.08. The van der Waals surface area contributed by atoms with Gasteiger partial charge in [-0.1, -0.05) is 18.2 Å². The molecule has 1 aromatic carbocycles. The predicted molar refractivity (Wildman–Crippen MR) is 72.2 cm³/mol. The molecule has 18 heavy (non-hydrogen) atoms. The molecule has 0 aliphatic carbocycles. The first-order valence-corrected chi connectivity index (χ1v) is 7.65. The standard InChI is InChI=1S/C13H17NO3Si/c1-15-18(16-2,17-3)10-11-8-12-6-4-5-7-13(12)14-9-11/h4-9H,10H2,1-3H3. The van der Waals surface area contributed by atoms with E-state index in [0.717, 1.165) is 16.5 Å². The van der Waals surface area contributed by atoms with E-state index in [1.54, 1.807) is 21.3 Å². The summed E-state index contributed by atoms with van der Waals surface area (Å²) in [4.78, 5) is 4.42. The number of hydrogen-bond donors (Lipinski definition) is 0. The molecule has 1 heterocycles. The van der Waals surface area contributed by atoms with Crippen LogP contribution in [0.2, 0.25) is 0 Å². The Morgan fingerprint density at radius 1 is 1.06 bits per heavy atom. The van der Waals surface area contributed by atoms with E-state index in [0.29, 0.717) is 6.04 Å². The van der Waals surface area contributed by atoms with Crippen LogP contribution >= 0.6 is 0 Å². The SMILES string of the molecule is CO[Si](Cc1cnc2ccccc2c1)(OC)OC. The van der Waals surface area contributed by atoms with Gasteiger partial charge < -0.3 is 13.3 Å². The molecule has 96 valence electrons. The molecule has 1 aromatic heterocycles. The van der Waals surface area contributed by atoms with Crippen LogP contribution in [-0.2, 0) is 19.3 Å². The fourth-order valence-corrected chi connectivity index (χ4v) is 3.56. The molecule has 0 aliphatic heterocycles. The van der Waals surface area contributed by atoms with E-state index in [4.69, 9.17) is 13.3 Å². The van der Waals surface area contributed by atoms with Gasteiger partial charge in [-0.2, -0.15) is 0 Å². The van der Waals surface area contributed by atoms with Crippen LogP contribution in [0.25, 0.3) is 10.9 Å². The highest BCUT2D eigenvalue weighted by Crippen LogP contribution is 2.18. The molecule has 0 atom stereocenters. The minimum Gasteiger partial charge on any atom is -0.377 e. The minimum atomic E-state index is -2.59. The second-order valence-corrected chi connectivity index (χ2v) is 6.95. The Hall–Kier alpha value is -1.27. The molecule has 2 rings (SSSR count). The fourth-order valence-electron chi connectivity index (χ4n) is 1.93. The van der Waals surface area contributed by atoms with Crippen molar-refractivity contribution in [2.75, 3.05) is 21.3 Å². The Bertz CT molecular complexity index is 520. The van der Waals surface area contributed by atoms with Crippen molar-refractivity contribution in [3.63, 3.8) is 0 Å². The summed E-state index contributed by atoms with van der Waals surface area (Å²) < 4.78 is 16.3. The lowest BCUT2D eigenvalue weighted by Crippen LogP contribution is -2.45. The molecule has 4 nitrogen and oxygen atoms in total. The molecule has 0 N–H and O–H groups in total. The van der Waals surface area contributed by atoms with Crippen LogP contribution in [0.3, 0.4) is 0 Å². The van der Waals surface area contributed by atoms with Crippen molar-refractivity contribution < 1.29 is 13.3 Å². The van der Waals surface area contributed by atoms with Crippen molar-refractivity contribution in [2.45, 2.75) is 6.04 Å². The van der Waals surface area contributed by atoms with Crippen LogP contribution in [0, 0.1) is 0 Å². The van der Waals surface area contributed by atoms with Crippen LogP contribution in [0.1, 0.15) is 5.56 Å². The summed E-state index contributed by atoms with van der Waals surface area (Å²) in [6.45, 7) is 0. The first-order chi connectivity index (χ1) is 8.73. The topological polar surface area (TPSA) is 40.6 Å². The first-order valence-electron chi connectivity index (χ1n) is 5.72. The van der Waals surface area contributed by atoms with E-state index in [9.17, 15) is 0 Å². The van der Waals surface area contributed by atoms with Crippen LogP contribution < -0.4 is 0 Å². The molecule has 0 radical (unpaired) electrons. The second kappa shape index (κ2) is 5.58. The highest BCUT2D eigenvalue weighted by molar-refractivity contribution is 6.60. The van der Waals surface area contributed by atoms with Gasteiger partial charge in [-0.25, -0.2) is 0 Å². The van der Waals surface area contributed by atoms with Gasteiger partial charge in [-0.15, -0.1) is 0 Å². The summed E-state index contributed by atoms with van der Waals surface area (Å²) in [6, 6.07) is 10.7. The van der Waals surface area contributed by atoms with Gasteiger partial charge in [0.05, 0.1) is 5.52 Å². The average molecular weight is 263 g/mol. The predicted octanol–water partition coefficient (Wildman–Crippen LogP) is 2.19. The van der Waals surface area contributed by atoms with Gasteiger partial charge in [0.1, 0.15) is 0 Å². The van der Waals surface area contributed by atoms with E-state index in [1.807, 2.05) is 30.5 Å². The van der Waals surface area contributed by atoms with Crippen molar-refractivity contribution >= 4 is 19.7 Å². The van der Waals surface area contributed by atoms with Gasteiger partial charge in [-0.05, 0) is 17.7 Å². The highest BCUT2D eigenvalue weighted by atomic mass is 28.4. The Morgan fingerprint density at radius 2 is 1.72 bits per heavy atom. The maximum Gasteiger partial charge on any atom is 0.504 e. The average Bonchev–Trinajstić information content (AvgIpc) is 2.45. The van der Waals surface area contributed by atoms with E-state index in [2.05, 4.69) is 11.1 Å². The molecule has 2 aromatic rings. The zero-order chi connectivity index (χ0) is 13.0. The fraction of sp³-hybridized carbons (Fsp3) is 0.308. The summed E-state index contributed by atoms with van der Waals surface area (Å²) in [5, 5.41) is 1.11. The first kappa shape index (κ1) is 13.2. The van der Waals surface area contributed by atoms with E-state index < -0.39 is 8.80 Å². The molecule has 0 aliphatic rings. The molecule has 0 unspecified atom stereocenters. The molecule has 0 fully saturated rings. The maximum atomic E-state index is 5.42. The molecule has 0 bridgehead atoms. The monoisotopic (exact) mass is 263 g/mol. The summed E-state index contributed by atoms with van der Waals surface area (Å²) in [6.07, 6.45) is 1.85. The molecular formula is C13H17NO3Si. The summed E-state index contributed by atoms with van der Waals surface area (Å²) >= 11 is 0. The van der Waals surface area contributed by atoms with Crippen molar-refractivity contribution in [2.24, 2.45) is 0 Å². The van der Waals surface area contributed by atoms with E-state index in [1.165, 1.54) is 0 Å². The Balaban J connectivity index is 2.31. The van der Waals surface area contributed by atoms with Crippen LogP contribution in [0.5, 0.6) is 0 Å². The van der Waals surface area contributed by atoms with Crippen molar-refractivity contribution in [3.8, 4) is 0 Å². The van der Waals surface area contributed by atoms with Gasteiger partial charge in [-0.3, -0.25) is 4.98 Å². The molecule has 0 saturated heterocycles. The van der Waals surface area contributed by atoms with Crippen LogP contribution in [0.15, 0.2) is 36.5 Å². The van der Waals surface area contributed by atoms with Gasteiger partial charge in [0.2, 0.25) is 0 Å². The summed E-state index contributed by atoms with van der Waals surface area (Å²) in [5.41, 5.74) is 2.05. The summed E-state index contributed by atoms with van der Waals surface area (Å²) in [7, 11) is 2.27. The number of fused-ring (bicyclic) bond motifs is 1. The number of nitrogens with zero attached hydrogens (tertiary/aromatic N) is 1. The molecule has 0 spiro atoms. The van der Waals surface area contributed by atoms with Crippen molar-refractivity contribution in [1.29, 1.82) is 0 Å². The number of pyridine rings is 1. The van der Waals surface area contributed by atoms with E-state index >= 15 is 0 Å². The molecule has 5 heteroatoms. The highest BCUT2D eigenvalue weighted by Gasteiger charge is 2.38. The number of benzene rings is 1. The van der Waals surface area contributed by atoms with Gasteiger partial charge in [0.15, 0.2) is 0 Å². The Morgan fingerprint density at radius 3 is 2.39 bits per heavy atom. The van der Waals surface area contributed by atoms with Crippen molar-refractivity contribution in [1.82, 2.24) is 4.98 Å². The maximum absolute atomic E-state index is 5.42. The third-order valence-corrected chi connectivity index (χ3v) is 5.71. The lowest BCUT2D eigenvalue weighted by Gasteiger charge is -2.24. The smallest absolute Gasteiger partial charge is 0.377 e. The van der Waals surface area contributed by atoms with Crippen LogP contribution in [0.4, 0.5) is 0 Å². The largest absolute Gasteiger partial charge is 0.504 e. The third-order valence-electron chi connectivity index (χ3n) is 3.00. The molecular weight excluding hydrogens is 246 g/mol. The molecule has 0 amide bonds. The van der Waals surface area contributed by atoms with E-state index in [-0.39, 0.29) is 0 Å². The zero-order valence-corrected chi connectivity index (χ0v) is 11.8. The third kappa shape index (κ3) is 2.59. The van der Waals surface area contributed by atoms with Gasteiger partial charge >= 0.3 is 8.80 Å². The number of para-hydroxylation sites is 1. The Labute approximate surface area is 108 Å². The summed E-state index contributed by atoms with van der Waals surface area (Å²) in [5.74, 6) is 0. The minimum absolute atomic E-state index is 0.619. The van der Waals surface area contributed by atoms with Crippen molar-refractivity contribution in [3.05, 3.63) is 42.1 Å². The number of hydrogen-bond acceptors (Lipinski definition) is 4. The lowest BCUT2D eigenvalue weighted by atomic mass is 10.2. The van der Waals surface area contributed by atoms with Gasteiger partial charge in [0.25, 0.3) is 0 Å². The number of rotatable bonds is 5. The molecule has 0 saturated carbocycles. The second-order valence-electron chi connectivity index (χ2n) is 4.01. The van der Waals surface area contributed by atoms with Crippen LogP contribution in [-0.4, -0.2) is 35.1 Å². The van der Waals surface area contributed by atoms with Gasteiger partial charge in [0, 0.05) is 39.0 Å².